The minimum absolute atomic E-state index is 0. The molecule has 2 aromatic heterocycles. The Morgan fingerprint density at radius 2 is 1.29 bits per heavy atom. The van der Waals surface area contributed by atoms with Crippen LogP contribution in [0.4, 0.5) is 11.4 Å². The first-order chi connectivity index (χ1) is 16.1. The summed E-state index contributed by atoms with van der Waals surface area (Å²) >= 11 is 3.21. The molecular weight excluding hydrogens is 547 g/mol. The zero-order valence-corrected chi connectivity index (χ0v) is 21.1. The van der Waals surface area contributed by atoms with E-state index in [2.05, 4.69) is 36.1 Å². The van der Waals surface area contributed by atoms with E-state index in [9.17, 15) is 10.2 Å². The van der Waals surface area contributed by atoms with E-state index < -0.39 is 0 Å². The number of pyridine rings is 2. The first-order valence-electron chi connectivity index (χ1n) is 10.0. The van der Waals surface area contributed by atoms with E-state index in [0.29, 0.717) is 4.47 Å². The van der Waals surface area contributed by atoms with Gasteiger partial charge in [0.25, 0.3) is 0 Å². The zero-order chi connectivity index (χ0) is 23.0. The minimum atomic E-state index is -0.249. The third-order valence-corrected chi connectivity index (χ3v) is 5.13. The Balaban J connectivity index is 0.000000265. The number of hydrogen-bond donors (Lipinski definition) is 0. The fraction of sp³-hybridized carbons (Fsp3) is 0. The molecule has 9 heteroatoms. The number of hydrogen-bond acceptors (Lipinski definition) is 6. The molecule has 0 aliphatic carbocycles. The molecule has 0 saturated carbocycles. The van der Waals surface area contributed by atoms with Crippen LogP contribution in [0.1, 0.15) is 0 Å². The number of rotatable bonds is 3. The maximum Gasteiger partial charge on any atom is 4.00 e. The van der Waals surface area contributed by atoms with E-state index in [1.54, 1.807) is 30.6 Å². The molecule has 0 N–H and O–H groups in total. The number of azo groups is 1. The largest absolute Gasteiger partial charge is 4.00 e. The fourth-order valence-electron chi connectivity index (χ4n) is 3.04. The molecule has 3 aromatic carbocycles. The molecule has 0 amide bonds. The molecule has 0 aliphatic heterocycles. The van der Waals surface area contributed by atoms with Crippen LogP contribution in [-0.2, 0) is 24.0 Å². The summed E-state index contributed by atoms with van der Waals surface area (Å²) in [4.78, 5) is 8.37. The topological polar surface area (TPSA) is 125 Å². The normalized spacial score (nSPS) is 10.1. The molecule has 1 radical (unpaired) electrons. The molecule has 0 bridgehead atoms. The Hall–Kier alpha value is -3.56. The quantitative estimate of drug-likeness (QED) is 0.243. The average molecular weight is 564 g/mol. The van der Waals surface area contributed by atoms with Crippen LogP contribution < -0.4 is 10.2 Å². The molecule has 0 unspecified atom stereocenters. The van der Waals surface area contributed by atoms with Crippen molar-refractivity contribution in [3.05, 3.63) is 108 Å². The van der Waals surface area contributed by atoms with E-state index in [1.165, 1.54) is 12.1 Å². The van der Waals surface area contributed by atoms with Crippen LogP contribution in [0.2, 0.25) is 0 Å². The molecule has 5 rings (SSSR count). The smallest absolute Gasteiger partial charge is 2.00 e. The van der Waals surface area contributed by atoms with Gasteiger partial charge in [0.15, 0.2) is 0 Å². The van der Waals surface area contributed by atoms with E-state index in [4.69, 9.17) is 0 Å². The summed E-state index contributed by atoms with van der Waals surface area (Å²) < 4.78 is 0.682. The first kappa shape index (κ1) is 27.7. The van der Waals surface area contributed by atoms with Crippen LogP contribution in [0.15, 0.2) is 118 Å². The second-order valence-corrected chi connectivity index (χ2v) is 7.79. The Labute approximate surface area is 222 Å². The van der Waals surface area contributed by atoms with Crippen molar-refractivity contribution in [2.24, 2.45) is 10.2 Å². The number of nitrogens with zero attached hydrogens (tertiary/aromatic N) is 4. The van der Waals surface area contributed by atoms with Crippen molar-refractivity contribution in [3.63, 3.8) is 0 Å². The number of aromatic nitrogens is 2. The Morgan fingerprint density at radius 3 is 1.89 bits per heavy atom. The summed E-state index contributed by atoms with van der Waals surface area (Å²) in [5, 5.41) is 33.2. The molecular formula is C26H17BrN4O3V. The molecule has 35 heavy (non-hydrogen) atoms. The van der Waals surface area contributed by atoms with Gasteiger partial charge < -0.3 is 15.7 Å². The molecule has 171 valence electrons. The second-order valence-electron chi connectivity index (χ2n) is 6.88. The zero-order valence-electron chi connectivity index (χ0n) is 18.2. The number of fused-ring (bicyclic) bond motifs is 1. The van der Waals surface area contributed by atoms with Crippen molar-refractivity contribution in [2.45, 2.75) is 0 Å². The first-order valence-corrected chi connectivity index (χ1v) is 10.8. The van der Waals surface area contributed by atoms with E-state index >= 15 is 0 Å². The summed E-state index contributed by atoms with van der Waals surface area (Å²) in [6.07, 6.45) is 3.54. The van der Waals surface area contributed by atoms with E-state index in [0.717, 1.165) is 22.2 Å². The summed E-state index contributed by atoms with van der Waals surface area (Å²) in [7, 11) is 0. The Morgan fingerprint density at radius 1 is 0.657 bits per heavy atom. The molecule has 7 nitrogen and oxygen atoms in total. The summed E-state index contributed by atoms with van der Waals surface area (Å²) in [6.45, 7) is 0. The molecule has 0 aliphatic rings. The van der Waals surface area contributed by atoms with Gasteiger partial charge in [-0.05, 0) is 41.8 Å². The standard InChI is InChI=1S/C16H11BrN2O2.C10H8N2.O.V/c17-11-6-7-13(15(21)9-11)18-19-16-12-4-2-1-3-10(12)5-8-14(16)20;1-3-7-11-9(5-1)10-6-2-4-8-12-10;;/h1-9,20-21H;1-8H;;/q;;-2;+4/p-2. The van der Waals surface area contributed by atoms with Crippen molar-refractivity contribution in [3.8, 4) is 22.9 Å². The van der Waals surface area contributed by atoms with Gasteiger partial charge in [0.05, 0.1) is 22.8 Å². The number of benzene rings is 3. The maximum absolute atomic E-state index is 12.0. The molecule has 0 fully saturated rings. The molecule has 5 aromatic rings. The van der Waals surface area contributed by atoms with Gasteiger partial charge in [-0.3, -0.25) is 9.97 Å². The molecule has 0 spiro atoms. The summed E-state index contributed by atoms with van der Waals surface area (Å²) in [5.41, 5.74) is 2.28. The van der Waals surface area contributed by atoms with E-state index in [1.807, 2.05) is 60.7 Å². The molecule has 0 saturated heterocycles. The van der Waals surface area contributed by atoms with Crippen molar-refractivity contribution in [2.75, 3.05) is 0 Å². The average Bonchev–Trinajstić information content (AvgIpc) is 2.86. The maximum atomic E-state index is 12.0. The van der Waals surface area contributed by atoms with Gasteiger partial charge in [-0.2, -0.15) is 10.2 Å². The van der Waals surface area contributed by atoms with Crippen LogP contribution in [0.5, 0.6) is 11.5 Å². The van der Waals surface area contributed by atoms with Crippen molar-refractivity contribution >= 4 is 38.1 Å². The van der Waals surface area contributed by atoms with Crippen molar-refractivity contribution in [1.29, 1.82) is 0 Å². The predicted octanol–water partition coefficient (Wildman–Crippen LogP) is 6.19. The summed E-state index contributed by atoms with van der Waals surface area (Å²) in [6, 6.07) is 26.9. The van der Waals surface area contributed by atoms with Crippen molar-refractivity contribution in [1.82, 2.24) is 9.97 Å². The monoisotopic (exact) mass is 563 g/mol. The van der Waals surface area contributed by atoms with Gasteiger partial charge in [-0.25, -0.2) is 0 Å². The van der Waals surface area contributed by atoms with Gasteiger partial charge in [0, 0.05) is 22.3 Å². The fourth-order valence-corrected chi connectivity index (χ4v) is 3.38. The number of halogens is 1. The van der Waals surface area contributed by atoms with Gasteiger partial charge in [-0.1, -0.05) is 82.0 Å². The van der Waals surface area contributed by atoms with Gasteiger partial charge in [0.1, 0.15) is 0 Å². The van der Waals surface area contributed by atoms with Crippen LogP contribution in [-0.4, -0.2) is 9.97 Å². The van der Waals surface area contributed by atoms with E-state index in [-0.39, 0.29) is 46.9 Å². The SMILES string of the molecule is [O-2].[O-]c1cc(Br)ccc1N=Nc1c([O-])ccc2ccccc12.[V+4].c1ccc(-c2ccccn2)nc1. The van der Waals surface area contributed by atoms with Gasteiger partial charge >= 0.3 is 18.6 Å². The van der Waals surface area contributed by atoms with Crippen molar-refractivity contribution < 1.29 is 34.2 Å². The van der Waals surface area contributed by atoms with Gasteiger partial charge in [0.2, 0.25) is 0 Å². The van der Waals surface area contributed by atoms with Crippen LogP contribution in [0.25, 0.3) is 22.2 Å². The van der Waals surface area contributed by atoms with Crippen LogP contribution >= 0.6 is 15.9 Å². The third-order valence-electron chi connectivity index (χ3n) is 4.64. The molecule has 0 atom stereocenters. The Bertz CT molecular complexity index is 1370. The Kier molecular flexibility index (Phi) is 10.6. The molecule has 2 heterocycles. The van der Waals surface area contributed by atoms with Crippen LogP contribution in [0, 0.1) is 0 Å². The third kappa shape index (κ3) is 7.21. The minimum Gasteiger partial charge on any atom is -2.00 e. The predicted molar refractivity (Wildman–Crippen MR) is 129 cm³/mol. The second kappa shape index (κ2) is 13.4. The summed E-state index contributed by atoms with van der Waals surface area (Å²) in [5.74, 6) is -0.470. The van der Waals surface area contributed by atoms with Gasteiger partial charge in [-0.15, -0.1) is 0 Å². The van der Waals surface area contributed by atoms with Crippen LogP contribution in [0.3, 0.4) is 0 Å².